The quantitative estimate of drug-likeness (QED) is 0.695. The van der Waals surface area contributed by atoms with Crippen LogP contribution in [0.2, 0.25) is 0 Å². The molecule has 1 aliphatic rings. The molecule has 2 rings (SSSR count). The van der Waals surface area contributed by atoms with E-state index in [1.54, 1.807) is 0 Å². The van der Waals surface area contributed by atoms with E-state index >= 15 is 0 Å². The van der Waals surface area contributed by atoms with Crippen molar-refractivity contribution in [2.24, 2.45) is 0 Å². The summed E-state index contributed by atoms with van der Waals surface area (Å²) in [7, 11) is 0. The van der Waals surface area contributed by atoms with Gasteiger partial charge in [0.25, 0.3) is 0 Å². The zero-order valence-corrected chi connectivity index (χ0v) is 7.79. The molecule has 1 heteroatoms. The van der Waals surface area contributed by atoms with E-state index in [1.165, 1.54) is 6.42 Å². The molecule has 1 radical (unpaired) electrons. The van der Waals surface area contributed by atoms with Crippen molar-refractivity contribution >= 4 is 0 Å². The molecule has 0 spiro atoms. The largest absolute Gasteiger partial charge is 0.385 e. The summed E-state index contributed by atoms with van der Waals surface area (Å²) in [6.07, 6.45) is 5.37. The molecular formula is C12H15O. The number of rotatable bonds is 1. The third-order valence-electron chi connectivity index (χ3n) is 2.93. The lowest BCUT2D eigenvalue weighted by Crippen LogP contribution is -2.28. The monoisotopic (exact) mass is 175 g/mol. The number of hydrogen-bond donors (Lipinski definition) is 1. The van der Waals surface area contributed by atoms with Crippen molar-refractivity contribution in [3.8, 4) is 0 Å². The third kappa shape index (κ3) is 1.75. The SMILES string of the molecule is OC1(c2c[c]ccc2)CCCCC1. The molecule has 69 valence electrons. The minimum atomic E-state index is -0.560. The van der Waals surface area contributed by atoms with Crippen LogP contribution in [0.3, 0.4) is 0 Å². The van der Waals surface area contributed by atoms with E-state index in [4.69, 9.17) is 0 Å². The molecule has 1 N–H and O–H groups in total. The Labute approximate surface area is 79.4 Å². The Hall–Kier alpha value is -0.820. The van der Waals surface area contributed by atoms with Crippen molar-refractivity contribution in [2.75, 3.05) is 0 Å². The van der Waals surface area contributed by atoms with Gasteiger partial charge < -0.3 is 5.11 Å². The minimum Gasteiger partial charge on any atom is -0.385 e. The van der Waals surface area contributed by atoms with Crippen molar-refractivity contribution < 1.29 is 5.11 Å². The molecule has 1 nitrogen and oxygen atoms in total. The van der Waals surface area contributed by atoms with Crippen LogP contribution in [0, 0.1) is 6.07 Å². The van der Waals surface area contributed by atoms with Crippen molar-refractivity contribution in [3.63, 3.8) is 0 Å². The second-order valence-electron chi connectivity index (χ2n) is 3.88. The predicted octanol–water partition coefficient (Wildman–Crippen LogP) is 2.64. The Morgan fingerprint density at radius 1 is 1.23 bits per heavy atom. The molecule has 0 aromatic heterocycles. The zero-order valence-electron chi connectivity index (χ0n) is 7.79. The first-order chi connectivity index (χ1) is 6.31. The lowest BCUT2D eigenvalue weighted by Gasteiger charge is -2.32. The van der Waals surface area contributed by atoms with Gasteiger partial charge >= 0.3 is 0 Å². The molecule has 13 heavy (non-hydrogen) atoms. The van der Waals surface area contributed by atoms with E-state index in [-0.39, 0.29) is 0 Å². The van der Waals surface area contributed by atoms with Crippen LogP contribution >= 0.6 is 0 Å². The lowest BCUT2D eigenvalue weighted by atomic mass is 9.80. The maximum Gasteiger partial charge on any atom is 0.0896 e. The Bertz CT molecular complexity index is 260. The van der Waals surface area contributed by atoms with E-state index in [1.807, 2.05) is 24.3 Å². The maximum atomic E-state index is 10.3. The van der Waals surface area contributed by atoms with Crippen LogP contribution in [0.1, 0.15) is 37.7 Å². The summed E-state index contributed by atoms with van der Waals surface area (Å²) in [5, 5.41) is 10.3. The van der Waals surface area contributed by atoms with Gasteiger partial charge in [-0.05, 0) is 30.5 Å². The van der Waals surface area contributed by atoms with Gasteiger partial charge in [-0.3, -0.25) is 0 Å². The summed E-state index contributed by atoms with van der Waals surface area (Å²) < 4.78 is 0. The zero-order chi connectivity index (χ0) is 9.15. The van der Waals surface area contributed by atoms with E-state index in [0.29, 0.717) is 0 Å². The highest BCUT2D eigenvalue weighted by atomic mass is 16.3. The Morgan fingerprint density at radius 3 is 2.62 bits per heavy atom. The van der Waals surface area contributed by atoms with Crippen LogP contribution < -0.4 is 0 Å². The van der Waals surface area contributed by atoms with Gasteiger partial charge in [-0.25, -0.2) is 0 Å². The summed E-state index contributed by atoms with van der Waals surface area (Å²) in [6, 6.07) is 10.8. The van der Waals surface area contributed by atoms with Crippen LogP contribution in [0.15, 0.2) is 24.3 Å². The van der Waals surface area contributed by atoms with Gasteiger partial charge in [0.2, 0.25) is 0 Å². The third-order valence-corrected chi connectivity index (χ3v) is 2.93. The smallest absolute Gasteiger partial charge is 0.0896 e. The molecule has 0 heterocycles. The Balaban J connectivity index is 2.23. The van der Waals surface area contributed by atoms with Crippen molar-refractivity contribution in [1.82, 2.24) is 0 Å². The van der Waals surface area contributed by atoms with Gasteiger partial charge in [-0.2, -0.15) is 0 Å². The molecule has 1 fully saturated rings. The molecule has 0 saturated heterocycles. The fourth-order valence-corrected chi connectivity index (χ4v) is 2.11. The van der Waals surface area contributed by atoms with Crippen LogP contribution in [-0.4, -0.2) is 5.11 Å². The molecule has 0 amide bonds. The topological polar surface area (TPSA) is 20.2 Å². The molecule has 0 atom stereocenters. The van der Waals surface area contributed by atoms with E-state index in [0.717, 1.165) is 31.2 Å². The number of benzene rings is 1. The second kappa shape index (κ2) is 3.51. The molecule has 0 unspecified atom stereocenters. The van der Waals surface area contributed by atoms with E-state index < -0.39 is 5.60 Å². The van der Waals surface area contributed by atoms with E-state index in [9.17, 15) is 5.11 Å². The van der Waals surface area contributed by atoms with Crippen LogP contribution in [0.4, 0.5) is 0 Å². The van der Waals surface area contributed by atoms with Gasteiger partial charge in [0.15, 0.2) is 0 Å². The highest BCUT2D eigenvalue weighted by Gasteiger charge is 2.30. The lowest BCUT2D eigenvalue weighted by molar-refractivity contribution is -0.000640. The normalized spacial score (nSPS) is 21.3. The van der Waals surface area contributed by atoms with Gasteiger partial charge in [0.1, 0.15) is 0 Å². The molecule has 1 aromatic rings. The van der Waals surface area contributed by atoms with Gasteiger partial charge in [-0.15, -0.1) is 0 Å². The molecule has 1 aliphatic carbocycles. The summed E-state index contributed by atoms with van der Waals surface area (Å²) in [4.78, 5) is 0. The summed E-state index contributed by atoms with van der Waals surface area (Å²) in [5.41, 5.74) is 0.477. The summed E-state index contributed by atoms with van der Waals surface area (Å²) in [5.74, 6) is 0. The Kier molecular flexibility index (Phi) is 2.36. The molecule has 0 aliphatic heterocycles. The molecule has 0 bridgehead atoms. The highest BCUT2D eigenvalue weighted by molar-refractivity contribution is 5.21. The molecule has 1 saturated carbocycles. The fourth-order valence-electron chi connectivity index (χ4n) is 2.11. The van der Waals surface area contributed by atoms with Gasteiger partial charge in [0, 0.05) is 0 Å². The van der Waals surface area contributed by atoms with E-state index in [2.05, 4.69) is 6.07 Å². The first-order valence-electron chi connectivity index (χ1n) is 5.00. The van der Waals surface area contributed by atoms with Gasteiger partial charge in [0.05, 0.1) is 5.60 Å². The first kappa shape index (κ1) is 8.76. The predicted molar refractivity (Wildman–Crippen MR) is 52.3 cm³/mol. The molecule has 1 aromatic carbocycles. The van der Waals surface area contributed by atoms with Crippen molar-refractivity contribution in [1.29, 1.82) is 0 Å². The highest BCUT2D eigenvalue weighted by Crippen LogP contribution is 2.36. The van der Waals surface area contributed by atoms with Crippen molar-refractivity contribution in [3.05, 3.63) is 35.9 Å². The second-order valence-corrected chi connectivity index (χ2v) is 3.88. The maximum absolute atomic E-state index is 10.3. The number of hydrogen-bond acceptors (Lipinski definition) is 1. The standard InChI is InChI=1S/C12H15O/c13-12(9-5-2-6-10-12)11-7-3-1-4-8-11/h1,3,7-8,13H,2,5-6,9-10H2. The van der Waals surface area contributed by atoms with Crippen molar-refractivity contribution in [2.45, 2.75) is 37.7 Å². The van der Waals surface area contributed by atoms with Crippen LogP contribution in [0.25, 0.3) is 0 Å². The molecular weight excluding hydrogens is 160 g/mol. The first-order valence-corrected chi connectivity index (χ1v) is 5.00. The number of aliphatic hydroxyl groups is 1. The van der Waals surface area contributed by atoms with Gasteiger partial charge in [-0.1, -0.05) is 37.5 Å². The Morgan fingerprint density at radius 2 is 2.00 bits per heavy atom. The summed E-state index contributed by atoms with van der Waals surface area (Å²) >= 11 is 0. The summed E-state index contributed by atoms with van der Waals surface area (Å²) in [6.45, 7) is 0. The van der Waals surface area contributed by atoms with Crippen LogP contribution in [-0.2, 0) is 5.60 Å². The average Bonchev–Trinajstić information content (AvgIpc) is 2.20. The van der Waals surface area contributed by atoms with Crippen LogP contribution in [0.5, 0.6) is 0 Å². The minimum absolute atomic E-state index is 0.560. The fraction of sp³-hybridized carbons (Fsp3) is 0.500. The average molecular weight is 175 g/mol.